The van der Waals surface area contributed by atoms with Crippen molar-refractivity contribution >= 4 is 17.9 Å². The predicted molar refractivity (Wildman–Crippen MR) is 82.4 cm³/mol. The third kappa shape index (κ3) is 6.86. The van der Waals surface area contributed by atoms with Gasteiger partial charge in [-0.3, -0.25) is 4.79 Å². The van der Waals surface area contributed by atoms with Crippen LogP contribution >= 0.6 is 11.8 Å². The summed E-state index contributed by atoms with van der Waals surface area (Å²) in [6.07, 6.45) is 3.21. The van der Waals surface area contributed by atoms with E-state index in [1.807, 2.05) is 6.26 Å². The Morgan fingerprint density at radius 3 is 2.81 bits per heavy atom. The Labute approximate surface area is 128 Å². The normalized spacial score (nSPS) is 10.5. The molecule has 7 heteroatoms. The Morgan fingerprint density at radius 2 is 2.24 bits per heavy atom. The zero-order valence-corrected chi connectivity index (χ0v) is 13.4. The van der Waals surface area contributed by atoms with Crippen LogP contribution in [0.4, 0.5) is 4.79 Å². The molecular weight excluding hydrogens is 290 g/mol. The molecule has 0 bridgehead atoms. The van der Waals surface area contributed by atoms with Crippen LogP contribution in [0.25, 0.3) is 0 Å². The topological polar surface area (TPSA) is 84.1 Å². The molecule has 21 heavy (non-hydrogen) atoms. The number of nitrogens with zero attached hydrogens (tertiary/aromatic N) is 1. The van der Waals surface area contributed by atoms with Gasteiger partial charge < -0.3 is 15.0 Å². The van der Waals surface area contributed by atoms with Gasteiger partial charge >= 0.3 is 6.09 Å². The van der Waals surface area contributed by atoms with Crippen molar-refractivity contribution in [3.05, 3.63) is 22.1 Å². The summed E-state index contributed by atoms with van der Waals surface area (Å²) in [5.74, 6) is 5.54. The van der Waals surface area contributed by atoms with Crippen molar-refractivity contribution in [1.82, 2.24) is 15.3 Å². The largest absolute Gasteiger partial charge is 0.444 e. The smallest absolute Gasteiger partial charge is 0.407 e. The second kappa shape index (κ2) is 7.74. The molecule has 1 aromatic rings. The summed E-state index contributed by atoms with van der Waals surface area (Å²) in [5.41, 5.74) is -0.472. The maximum atomic E-state index is 11.6. The maximum absolute atomic E-state index is 11.6. The summed E-state index contributed by atoms with van der Waals surface area (Å²) in [7, 11) is 0. The summed E-state index contributed by atoms with van der Waals surface area (Å²) in [4.78, 5) is 29.6. The van der Waals surface area contributed by atoms with E-state index < -0.39 is 11.7 Å². The first kappa shape index (κ1) is 17.1. The first-order valence-electron chi connectivity index (χ1n) is 6.41. The van der Waals surface area contributed by atoms with Gasteiger partial charge in [0.2, 0.25) is 0 Å². The Hall–Kier alpha value is -1.94. The Kier molecular flexibility index (Phi) is 6.31. The van der Waals surface area contributed by atoms with E-state index in [4.69, 9.17) is 4.74 Å². The molecule has 0 aromatic carbocycles. The van der Waals surface area contributed by atoms with E-state index in [1.165, 1.54) is 18.0 Å². The molecule has 0 atom stereocenters. The third-order valence-electron chi connectivity index (χ3n) is 2.11. The number of carbonyl (C=O) groups is 1. The van der Waals surface area contributed by atoms with Crippen LogP contribution < -0.4 is 10.9 Å². The molecule has 6 nitrogen and oxygen atoms in total. The summed E-state index contributed by atoms with van der Waals surface area (Å²) in [5, 5.41) is 3.14. The first-order valence-corrected chi connectivity index (χ1v) is 7.63. The number of nitrogens with one attached hydrogen (secondary N) is 2. The number of aromatic amines is 1. The molecule has 0 radical (unpaired) electrons. The van der Waals surface area contributed by atoms with E-state index in [-0.39, 0.29) is 5.56 Å². The van der Waals surface area contributed by atoms with E-state index in [0.717, 1.165) is 0 Å². The van der Waals surface area contributed by atoms with Crippen molar-refractivity contribution in [2.24, 2.45) is 0 Å². The lowest BCUT2D eigenvalue weighted by Gasteiger charge is -2.19. The van der Waals surface area contributed by atoms with Crippen molar-refractivity contribution in [3.63, 3.8) is 0 Å². The van der Waals surface area contributed by atoms with Gasteiger partial charge in [0.25, 0.3) is 5.56 Å². The van der Waals surface area contributed by atoms with E-state index in [2.05, 4.69) is 27.1 Å². The summed E-state index contributed by atoms with van der Waals surface area (Å²) in [6, 6.07) is 0. The minimum Gasteiger partial charge on any atom is -0.444 e. The van der Waals surface area contributed by atoms with E-state index >= 15 is 0 Å². The van der Waals surface area contributed by atoms with E-state index in [0.29, 0.717) is 23.7 Å². The van der Waals surface area contributed by atoms with Crippen molar-refractivity contribution in [1.29, 1.82) is 0 Å². The zero-order valence-electron chi connectivity index (χ0n) is 12.6. The van der Waals surface area contributed by atoms with E-state index in [1.54, 1.807) is 20.8 Å². The average molecular weight is 309 g/mol. The van der Waals surface area contributed by atoms with Gasteiger partial charge in [-0.2, -0.15) is 0 Å². The summed E-state index contributed by atoms with van der Waals surface area (Å²) < 4.78 is 5.08. The van der Waals surface area contributed by atoms with Crippen LogP contribution in [0.15, 0.2) is 16.1 Å². The second-order valence-corrected chi connectivity index (χ2v) is 5.91. The summed E-state index contributed by atoms with van der Waals surface area (Å²) in [6.45, 7) is 5.74. The molecule has 0 fully saturated rings. The van der Waals surface area contributed by atoms with Gasteiger partial charge in [-0.05, 0) is 27.0 Å². The van der Waals surface area contributed by atoms with Crippen LogP contribution in [0.1, 0.15) is 32.8 Å². The molecule has 1 rings (SSSR count). The van der Waals surface area contributed by atoms with Gasteiger partial charge in [-0.15, -0.1) is 0 Å². The van der Waals surface area contributed by atoms with Crippen molar-refractivity contribution in [2.45, 2.75) is 37.9 Å². The predicted octanol–water partition coefficient (Wildman–Crippen LogP) is 1.76. The molecule has 0 saturated carbocycles. The van der Waals surface area contributed by atoms with Crippen LogP contribution in [0.3, 0.4) is 0 Å². The molecular formula is C14H19N3O3S. The van der Waals surface area contributed by atoms with Crippen LogP contribution in [-0.2, 0) is 4.74 Å². The number of thioether (sulfide) groups is 1. The van der Waals surface area contributed by atoms with Gasteiger partial charge in [0, 0.05) is 13.0 Å². The first-order chi connectivity index (χ1) is 9.81. The number of carbonyl (C=O) groups excluding carboxylic acids is 1. The third-order valence-corrected chi connectivity index (χ3v) is 2.70. The Bertz CT molecular complexity index is 608. The van der Waals surface area contributed by atoms with Gasteiger partial charge in [0.05, 0.1) is 6.20 Å². The van der Waals surface area contributed by atoms with Crippen LogP contribution in [0.5, 0.6) is 0 Å². The monoisotopic (exact) mass is 309 g/mol. The van der Waals surface area contributed by atoms with Crippen LogP contribution in [0, 0.1) is 11.8 Å². The minimum absolute atomic E-state index is 0.262. The number of hydrogen-bond donors (Lipinski definition) is 2. The van der Waals surface area contributed by atoms with E-state index in [9.17, 15) is 9.59 Å². The zero-order chi connectivity index (χ0) is 15.9. The fourth-order valence-electron chi connectivity index (χ4n) is 1.27. The molecule has 1 amide bonds. The second-order valence-electron chi connectivity index (χ2n) is 5.12. The number of alkyl carbamates (subject to hydrolysis) is 1. The standard InChI is InChI=1S/C14H19N3O3S/c1-14(2,3)20-13(19)15-8-6-5-7-10-9-16-12(21-4)17-11(10)18/h9H,6,8H2,1-4H3,(H,15,19)(H,16,17,18). The van der Waals surface area contributed by atoms with Crippen LogP contribution in [0.2, 0.25) is 0 Å². The number of H-pyrrole nitrogens is 1. The molecule has 0 aliphatic heterocycles. The molecule has 0 aliphatic rings. The number of rotatable bonds is 3. The van der Waals surface area contributed by atoms with Gasteiger partial charge in [-0.25, -0.2) is 9.78 Å². The fraction of sp³-hybridized carbons (Fsp3) is 0.500. The molecule has 2 N–H and O–H groups in total. The number of aromatic nitrogens is 2. The molecule has 0 spiro atoms. The lowest BCUT2D eigenvalue weighted by atomic mass is 10.2. The van der Waals surface area contributed by atoms with Crippen LogP contribution in [-0.4, -0.2) is 34.5 Å². The molecule has 1 heterocycles. The van der Waals surface area contributed by atoms with Crippen molar-refractivity contribution < 1.29 is 9.53 Å². The highest BCUT2D eigenvalue weighted by atomic mass is 32.2. The van der Waals surface area contributed by atoms with Crippen molar-refractivity contribution in [3.8, 4) is 11.8 Å². The highest BCUT2D eigenvalue weighted by Crippen LogP contribution is 2.06. The van der Waals surface area contributed by atoms with Gasteiger partial charge in [-0.1, -0.05) is 23.6 Å². The number of hydrogen-bond acceptors (Lipinski definition) is 5. The lowest BCUT2D eigenvalue weighted by Crippen LogP contribution is -2.32. The number of amides is 1. The van der Waals surface area contributed by atoms with Crippen molar-refractivity contribution in [2.75, 3.05) is 12.8 Å². The molecule has 0 aliphatic carbocycles. The average Bonchev–Trinajstić information content (AvgIpc) is 2.37. The molecule has 0 saturated heterocycles. The fourth-order valence-corrected chi connectivity index (χ4v) is 1.62. The molecule has 1 aromatic heterocycles. The Morgan fingerprint density at radius 1 is 1.52 bits per heavy atom. The Balaban J connectivity index is 2.44. The highest BCUT2D eigenvalue weighted by Gasteiger charge is 2.15. The van der Waals surface area contributed by atoms with Gasteiger partial charge in [0.15, 0.2) is 5.16 Å². The maximum Gasteiger partial charge on any atom is 0.407 e. The molecule has 0 unspecified atom stereocenters. The SMILES string of the molecule is CSc1ncc(C#CCCNC(=O)OC(C)(C)C)c(=O)[nH]1. The highest BCUT2D eigenvalue weighted by molar-refractivity contribution is 7.98. The number of ether oxygens (including phenoxy) is 1. The minimum atomic E-state index is -0.520. The molecule has 114 valence electrons. The lowest BCUT2D eigenvalue weighted by molar-refractivity contribution is 0.0529. The quantitative estimate of drug-likeness (QED) is 0.385. The summed E-state index contributed by atoms with van der Waals surface area (Å²) >= 11 is 1.35. The van der Waals surface area contributed by atoms with Gasteiger partial charge in [0.1, 0.15) is 11.2 Å².